The van der Waals surface area contributed by atoms with Crippen LogP contribution in [-0.4, -0.2) is 47.2 Å². The van der Waals surface area contributed by atoms with Crippen molar-refractivity contribution in [1.29, 1.82) is 0 Å². The molecule has 0 unspecified atom stereocenters. The Balaban J connectivity index is 1.06. The standard InChI is InChI=1S/C30H33N7O4/c1-20-18-22(3)36-17-15-25(29(36)31-20)30(40)32-24-12-10-23(11-13-24)26-19-35(34-33-26)16-7-5-4-6-8-28(39)41-37-21(2)9-14-27(37)38/h10-13,15,17-19H,2,4-9,14,16H2,1,3H3,(H,32,40). The predicted molar refractivity (Wildman–Crippen MR) is 152 cm³/mol. The van der Waals surface area contributed by atoms with E-state index in [1.807, 2.05) is 61.0 Å². The second kappa shape index (κ2) is 12.2. The van der Waals surface area contributed by atoms with Gasteiger partial charge in [0.25, 0.3) is 11.8 Å². The van der Waals surface area contributed by atoms with E-state index >= 15 is 0 Å². The average molecular weight is 556 g/mol. The molecular weight excluding hydrogens is 522 g/mol. The monoisotopic (exact) mass is 555 g/mol. The van der Waals surface area contributed by atoms with Gasteiger partial charge in [0.1, 0.15) is 11.3 Å². The Bertz CT molecular complexity index is 1590. The van der Waals surface area contributed by atoms with Gasteiger partial charge in [0.2, 0.25) is 0 Å². The number of nitrogens with one attached hydrogen (secondary N) is 1. The topological polar surface area (TPSA) is 124 Å². The van der Waals surface area contributed by atoms with Crippen molar-refractivity contribution < 1.29 is 19.2 Å². The predicted octanol–water partition coefficient (Wildman–Crippen LogP) is 5.01. The van der Waals surface area contributed by atoms with E-state index in [0.29, 0.717) is 48.4 Å². The van der Waals surface area contributed by atoms with Crippen molar-refractivity contribution >= 4 is 29.1 Å². The number of aromatic nitrogens is 5. The molecule has 0 aliphatic carbocycles. The molecule has 41 heavy (non-hydrogen) atoms. The summed E-state index contributed by atoms with van der Waals surface area (Å²) < 4.78 is 3.71. The highest BCUT2D eigenvalue weighted by molar-refractivity contribution is 6.08. The maximum Gasteiger partial charge on any atom is 0.333 e. The normalized spacial score (nSPS) is 13.3. The van der Waals surface area contributed by atoms with Gasteiger partial charge in [-0.05, 0) is 57.4 Å². The first kappa shape index (κ1) is 27.8. The minimum absolute atomic E-state index is 0.215. The number of carbonyl (C=O) groups is 3. The third kappa shape index (κ3) is 6.51. The first-order valence-electron chi connectivity index (χ1n) is 13.8. The molecule has 0 bridgehead atoms. The van der Waals surface area contributed by atoms with Gasteiger partial charge in [-0.1, -0.05) is 36.8 Å². The van der Waals surface area contributed by atoms with E-state index in [0.717, 1.165) is 47.0 Å². The molecule has 1 aliphatic heterocycles. The number of aryl methyl sites for hydroxylation is 3. The highest BCUT2D eigenvalue weighted by Crippen LogP contribution is 2.22. The smallest absolute Gasteiger partial charge is 0.333 e. The lowest BCUT2D eigenvalue weighted by molar-refractivity contribution is -0.186. The Hall–Kier alpha value is -4.80. The molecule has 1 aromatic carbocycles. The van der Waals surface area contributed by atoms with E-state index in [4.69, 9.17) is 4.84 Å². The van der Waals surface area contributed by atoms with E-state index in [1.54, 1.807) is 10.7 Å². The van der Waals surface area contributed by atoms with Gasteiger partial charge >= 0.3 is 5.97 Å². The quantitative estimate of drug-likeness (QED) is 0.258. The summed E-state index contributed by atoms with van der Waals surface area (Å²) in [5, 5.41) is 12.5. The number of hydrogen-bond donors (Lipinski definition) is 1. The third-order valence-electron chi connectivity index (χ3n) is 7.01. The van der Waals surface area contributed by atoms with Crippen molar-refractivity contribution in [2.24, 2.45) is 0 Å². The lowest BCUT2D eigenvalue weighted by atomic mass is 10.1. The van der Waals surface area contributed by atoms with Crippen LogP contribution in [0.15, 0.2) is 61.1 Å². The number of hydrogen-bond acceptors (Lipinski definition) is 7. The summed E-state index contributed by atoms with van der Waals surface area (Å²) in [7, 11) is 0. The largest absolute Gasteiger partial charge is 0.334 e. The fourth-order valence-corrected chi connectivity index (χ4v) is 4.82. The average Bonchev–Trinajstić information content (AvgIpc) is 3.67. The molecule has 0 radical (unpaired) electrons. The maximum atomic E-state index is 12.9. The summed E-state index contributed by atoms with van der Waals surface area (Å²) >= 11 is 0. The third-order valence-corrected chi connectivity index (χ3v) is 7.01. The molecule has 11 heteroatoms. The molecule has 212 valence electrons. The first-order valence-corrected chi connectivity index (χ1v) is 13.8. The highest BCUT2D eigenvalue weighted by Gasteiger charge is 2.27. The first-order chi connectivity index (χ1) is 19.8. The second-order valence-electron chi connectivity index (χ2n) is 10.2. The molecule has 4 aromatic rings. The lowest BCUT2D eigenvalue weighted by Crippen LogP contribution is -2.26. The van der Waals surface area contributed by atoms with E-state index in [9.17, 15) is 14.4 Å². The number of rotatable bonds is 11. The summed E-state index contributed by atoms with van der Waals surface area (Å²) in [6.07, 6.45) is 8.27. The molecule has 1 saturated heterocycles. The Morgan fingerprint density at radius 1 is 1.05 bits per heavy atom. The molecule has 1 aliphatic rings. The van der Waals surface area contributed by atoms with Gasteiger partial charge in [0.05, 0.1) is 17.5 Å². The summed E-state index contributed by atoms with van der Waals surface area (Å²) in [6.45, 7) is 8.36. The molecule has 0 atom stereocenters. The molecule has 2 amide bonds. The van der Waals surface area contributed by atoms with Crippen molar-refractivity contribution in [2.75, 3.05) is 5.32 Å². The van der Waals surface area contributed by atoms with E-state index < -0.39 is 5.97 Å². The van der Waals surface area contributed by atoms with Crippen molar-refractivity contribution in [2.45, 2.75) is 65.3 Å². The molecule has 0 saturated carbocycles. The number of amides is 2. The number of anilines is 1. The van der Waals surface area contributed by atoms with Crippen LogP contribution in [0.5, 0.6) is 0 Å². The zero-order valence-corrected chi connectivity index (χ0v) is 23.3. The van der Waals surface area contributed by atoms with Crippen LogP contribution in [0.3, 0.4) is 0 Å². The van der Waals surface area contributed by atoms with Gasteiger partial charge in [-0.15, -0.1) is 10.2 Å². The van der Waals surface area contributed by atoms with Crippen LogP contribution in [0.4, 0.5) is 5.69 Å². The van der Waals surface area contributed by atoms with Gasteiger partial charge in [0, 0.05) is 48.2 Å². The van der Waals surface area contributed by atoms with Gasteiger partial charge in [-0.25, -0.2) is 9.78 Å². The summed E-state index contributed by atoms with van der Waals surface area (Å²) in [4.78, 5) is 46.2. The Kier molecular flexibility index (Phi) is 8.23. The van der Waals surface area contributed by atoms with Gasteiger partial charge in [0.15, 0.2) is 0 Å². The molecule has 1 fully saturated rings. The number of fused-ring (bicyclic) bond motifs is 1. The van der Waals surface area contributed by atoms with E-state index in [2.05, 4.69) is 27.2 Å². The number of carbonyl (C=O) groups excluding carboxylic acids is 3. The van der Waals surface area contributed by atoms with Crippen LogP contribution in [0.2, 0.25) is 0 Å². The molecule has 0 spiro atoms. The second-order valence-corrected chi connectivity index (χ2v) is 10.2. The van der Waals surface area contributed by atoms with Crippen molar-refractivity contribution in [3.05, 3.63) is 78.0 Å². The zero-order chi connectivity index (χ0) is 28.9. The number of hydroxylamine groups is 2. The minimum atomic E-state index is -0.409. The maximum absolute atomic E-state index is 12.9. The Morgan fingerprint density at radius 2 is 1.83 bits per heavy atom. The fourth-order valence-electron chi connectivity index (χ4n) is 4.82. The molecular formula is C30H33N7O4. The molecule has 11 nitrogen and oxygen atoms in total. The summed E-state index contributed by atoms with van der Waals surface area (Å²) in [5.41, 5.74) is 5.89. The Morgan fingerprint density at radius 3 is 2.59 bits per heavy atom. The van der Waals surface area contributed by atoms with Crippen LogP contribution in [0.25, 0.3) is 16.9 Å². The van der Waals surface area contributed by atoms with Crippen LogP contribution >= 0.6 is 0 Å². The van der Waals surface area contributed by atoms with E-state index in [-0.39, 0.29) is 18.2 Å². The fraction of sp³-hybridized carbons (Fsp3) is 0.333. The van der Waals surface area contributed by atoms with Crippen molar-refractivity contribution in [3.63, 3.8) is 0 Å². The number of allylic oxidation sites excluding steroid dienone is 1. The summed E-state index contributed by atoms with van der Waals surface area (Å²) in [5.74, 6) is -0.843. The number of unbranched alkanes of at least 4 members (excludes halogenated alkanes) is 3. The number of benzene rings is 1. The highest BCUT2D eigenvalue weighted by atomic mass is 16.7. The number of nitrogens with zero attached hydrogens (tertiary/aromatic N) is 6. The van der Waals surface area contributed by atoms with Crippen LogP contribution in [-0.2, 0) is 21.0 Å². The minimum Gasteiger partial charge on any atom is -0.334 e. The van der Waals surface area contributed by atoms with Crippen molar-refractivity contribution in [1.82, 2.24) is 29.4 Å². The molecule has 5 rings (SSSR count). The zero-order valence-electron chi connectivity index (χ0n) is 23.3. The molecule has 1 N–H and O–H groups in total. The van der Waals surface area contributed by atoms with Crippen LogP contribution in [0.1, 0.15) is 66.7 Å². The van der Waals surface area contributed by atoms with Crippen LogP contribution in [0, 0.1) is 13.8 Å². The Labute approximate surface area is 237 Å². The van der Waals surface area contributed by atoms with E-state index in [1.165, 1.54) is 0 Å². The van der Waals surface area contributed by atoms with Gasteiger partial charge < -0.3 is 14.6 Å². The lowest BCUT2D eigenvalue weighted by Gasteiger charge is -2.15. The van der Waals surface area contributed by atoms with Gasteiger partial charge in [-0.3, -0.25) is 14.3 Å². The SMILES string of the molecule is C=C1CCC(=O)N1OC(=O)CCCCCCn1cc(-c2ccc(NC(=O)c3ccn4c(C)cc(C)nc34)cc2)nn1. The van der Waals surface area contributed by atoms with Crippen molar-refractivity contribution in [3.8, 4) is 11.3 Å². The summed E-state index contributed by atoms with van der Waals surface area (Å²) in [6, 6.07) is 11.2. The van der Waals surface area contributed by atoms with Crippen LogP contribution < -0.4 is 5.32 Å². The van der Waals surface area contributed by atoms with Gasteiger partial charge in [-0.2, -0.15) is 0 Å². The molecule has 4 heterocycles. The molecule has 3 aromatic heterocycles.